The number of rotatable bonds is 8. The molecule has 1 spiro atoms. The molecule has 36 heavy (non-hydrogen) atoms. The van der Waals surface area contributed by atoms with Gasteiger partial charge in [0, 0.05) is 19.4 Å². The van der Waals surface area contributed by atoms with Gasteiger partial charge in [0.05, 0.1) is 30.5 Å². The van der Waals surface area contributed by atoms with E-state index in [1.165, 1.54) is 13.0 Å². The van der Waals surface area contributed by atoms with E-state index in [2.05, 4.69) is 18.3 Å². The zero-order valence-electron chi connectivity index (χ0n) is 22.7. The highest BCUT2D eigenvalue weighted by Gasteiger charge is 2.60. The van der Waals surface area contributed by atoms with E-state index in [9.17, 15) is 14.7 Å². The SMILES string of the molecule is CC(=O)OC(C)C=CC(=O)N[C@@H]1C[C@H](C)[C@H](CC=C(C)C=C[C@H]2OC(C)(C)C[C@@]3(CO3)[C@@H]2O)O[C@@H]1C. The number of aliphatic hydroxyl groups excluding tert-OH is 1. The summed E-state index contributed by atoms with van der Waals surface area (Å²) in [7, 11) is 0. The molecule has 8 heteroatoms. The van der Waals surface area contributed by atoms with Gasteiger partial charge >= 0.3 is 5.97 Å². The van der Waals surface area contributed by atoms with E-state index < -0.39 is 23.9 Å². The zero-order valence-corrected chi connectivity index (χ0v) is 22.7. The average Bonchev–Trinajstić information content (AvgIpc) is 3.54. The zero-order chi connectivity index (χ0) is 26.7. The van der Waals surface area contributed by atoms with E-state index in [1.54, 1.807) is 13.0 Å². The van der Waals surface area contributed by atoms with Crippen LogP contribution in [0.2, 0.25) is 0 Å². The standard InChI is InChI=1S/C28H43NO7/c1-17(9-12-24-26(32)28(16-33-28)15-27(6,7)36-24)8-11-23-18(2)14-22(20(4)35-23)29-25(31)13-10-19(3)34-21(5)30/h8-10,12-13,18-20,22-24,26,32H,11,14-16H2,1-7H3,(H,29,31)/t18-,19?,20+,22+,23-,24+,26+,28+/m0/s1. The van der Waals surface area contributed by atoms with Crippen LogP contribution in [0.1, 0.15) is 67.7 Å². The fourth-order valence-electron chi connectivity index (χ4n) is 5.19. The number of nitrogens with one attached hydrogen (secondary N) is 1. The first-order chi connectivity index (χ1) is 16.8. The molecule has 0 aliphatic carbocycles. The van der Waals surface area contributed by atoms with Crippen molar-refractivity contribution in [1.29, 1.82) is 0 Å². The van der Waals surface area contributed by atoms with Crippen molar-refractivity contribution in [3.05, 3.63) is 36.0 Å². The molecule has 3 fully saturated rings. The Labute approximate surface area is 215 Å². The number of carbonyl (C=O) groups is 2. The maximum atomic E-state index is 12.3. The second-order valence-electron chi connectivity index (χ2n) is 11.2. The Balaban J connectivity index is 1.49. The van der Waals surface area contributed by atoms with Crippen LogP contribution in [0.5, 0.6) is 0 Å². The van der Waals surface area contributed by atoms with Gasteiger partial charge < -0.3 is 29.4 Å². The molecule has 0 aromatic heterocycles. The van der Waals surface area contributed by atoms with Crippen molar-refractivity contribution >= 4 is 11.9 Å². The summed E-state index contributed by atoms with van der Waals surface area (Å²) in [5, 5.41) is 13.7. The highest BCUT2D eigenvalue weighted by atomic mass is 16.6. The van der Waals surface area contributed by atoms with Gasteiger partial charge in [-0.25, -0.2) is 0 Å². The number of allylic oxidation sites excluding steroid dienone is 2. The van der Waals surface area contributed by atoms with Crippen molar-refractivity contribution in [1.82, 2.24) is 5.32 Å². The molecular formula is C28H43NO7. The lowest BCUT2D eigenvalue weighted by Gasteiger charge is -2.41. The van der Waals surface area contributed by atoms with E-state index in [-0.39, 0.29) is 41.6 Å². The molecule has 3 aliphatic heterocycles. The summed E-state index contributed by atoms with van der Waals surface area (Å²) in [5.41, 5.74) is 0.274. The Morgan fingerprint density at radius 1 is 1.22 bits per heavy atom. The van der Waals surface area contributed by atoms with Crippen molar-refractivity contribution in [2.45, 2.75) is 115 Å². The molecule has 3 aliphatic rings. The van der Waals surface area contributed by atoms with E-state index in [0.717, 1.165) is 18.4 Å². The summed E-state index contributed by atoms with van der Waals surface area (Å²) in [6.45, 7) is 13.8. The summed E-state index contributed by atoms with van der Waals surface area (Å²) in [4.78, 5) is 23.3. The molecular weight excluding hydrogens is 462 g/mol. The number of amides is 1. The molecule has 1 unspecified atom stereocenters. The van der Waals surface area contributed by atoms with Gasteiger partial charge in [0.1, 0.15) is 23.9 Å². The number of carbonyl (C=O) groups excluding carboxylic acids is 2. The number of hydrogen-bond donors (Lipinski definition) is 2. The molecule has 202 valence electrons. The molecule has 8 atom stereocenters. The molecule has 0 aromatic rings. The van der Waals surface area contributed by atoms with Gasteiger partial charge in [-0.15, -0.1) is 0 Å². The number of epoxide rings is 1. The van der Waals surface area contributed by atoms with E-state index in [1.807, 2.05) is 39.8 Å². The molecule has 0 saturated carbocycles. The molecule has 0 radical (unpaired) electrons. The average molecular weight is 506 g/mol. The van der Waals surface area contributed by atoms with Crippen LogP contribution < -0.4 is 5.32 Å². The van der Waals surface area contributed by atoms with Gasteiger partial charge in [0.2, 0.25) is 5.91 Å². The van der Waals surface area contributed by atoms with Crippen LogP contribution in [0.25, 0.3) is 0 Å². The van der Waals surface area contributed by atoms with Crippen molar-refractivity contribution in [2.75, 3.05) is 6.61 Å². The van der Waals surface area contributed by atoms with Gasteiger partial charge in [-0.05, 0) is 59.5 Å². The van der Waals surface area contributed by atoms with Gasteiger partial charge in [-0.2, -0.15) is 0 Å². The summed E-state index contributed by atoms with van der Waals surface area (Å²) in [6.07, 6.45) is 9.71. The van der Waals surface area contributed by atoms with Gasteiger partial charge in [-0.3, -0.25) is 9.59 Å². The number of esters is 1. The van der Waals surface area contributed by atoms with Crippen LogP contribution in [-0.4, -0.2) is 71.4 Å². The fourth-order valence-corrected chi connectivity index (χ4v) is 5.19. The Hall–Kier alpha value is -2.00. The summed E-state index contributed by atoms with van der Waals surface area (Å²) >= 11 is 0. The van der Waals surface area contributed by atoms with Crippen LogP contribution in [0.4, 0.5) is 0 Å². The third-order valence-electron chi connectivity index (χ3n) is 7.18. The molecule has 1 amide bonds. The van der Waals surface area contributed by atoms with Crippen LogP contribution in [0.3, 0.4) is 0 Å². The first-order valence-corrected chi connectivity index (χ1v) is 13.0. The minimum Gasteiger partial charge on any atom is -0.459 e. The predicted molar refractivity (Wildman–Crippen MR) is 136 cm³/mol. The number of ether oxygens (including phenoxy) is 4. The van der Waals surface area contributed by atoms with Crippen molar-refractivity contribution in [2.24, 2.45) is 5.92 Å². The van der Waals surface area contributed by atoms with Crippen molar-refractivity contribution < 1.29 is 33.6 Å². The van der Waals surface area contributed by atoms with Gasteiger partial charge in [-0.1, -0.05) is 30.7 Å². The monoisotopic (exact) mass is 505 g/mol. The fraction of sp³-hybridized carbons (Fsp3) is 0.714. The van der Waals surface area contributed by atoms with Crippen molar-refractivity contribution in [3.8, 4) is 0 Å². The Bertz CT molecular complexity index is 888. The van der Waals surface area contributed by atoms with Gasteiger partial charge in [0.25, 0.3) is 0 Å². The summed E-state index contributed by atoms with van der Waals surface area (Å²) in [5.74, 6) is -0.346. The molecule has 3 rings (SSSR count). The third-order valence-corrected chi connectivity index (χ3v) is 7.18. The lowest BCUT2D eigenvalue weighted by Crippen LogP contribution is -2.53. The Morgan fingerprint density at radius 3 is 2.56 bits per heavy atom. The van der Waals surface area contributed by atoms with Crippen LogP contribution >= 0.6 is 0 Å². The second kappa shape index (κ2) is 11.6. The number of aliphatic hydroxyl groups is 1. The van der Waals surface area contributed by atoms with E-state index in [0.29, 0.717) is 13.0 Å². The van der Waals surface area contributed by atoms with Crippen LogP contribution in [0.15, 0.2) is 36.0 Å². The van der Waals surface area contributed by atoms with Gasteiger partial charge in [0.15, 0.2) is 0 Å². The lowest BCUT2D eigenvalue weighted by atomic mass is 9.83. The Kier molecular flexibility index (Phi) is 9.20. The summed E-state index contributed by atoms with van der Waals surface area (Å²) < 4.78 is 23.0. The van der Waals surface area contributed by atoms with Crippen LogP contribution in [-0.2, 0) is 28.5 Å². The lowest BCUT2D eigenvalue weighted by molar-refractivity contribution is -0.171. The first kappa shape index (κ1) is 28.6. The third kappa shape index (κ3) is 7.75. The predicted octanol–water partition coefficient (Wildman–Crippen LogP) is 3.38. The molecule has 3 saturated heterocycles. The minimum atomic E-state index is -0.663. The Morgan fingerprint density at radius 2 is 1.92 bits per heavy atom. The van der Waals surface area contributed by atoms with Crippen molar-refractivity contribution in [3.63, 3.8) is 0 Å². The molecule has 2 N–H and O–H groups in total. The maximum Gasteiger partial charge on any atom is 0.303 e. The van der Waals surface area contributed by atoms with E-state index in [4.69, 9.17) is 18.9 Å². The first-order valence-electron chi connectivity index (χ1n) is 13.0. The molecule has 3 heterocycles. The highest BCUT2D eigenvalue weighted by Crippen LogP contribution is 2.46. The second-order valence-corrected chi connectivity index (χ2v) is 11.2. The largest absolute Gasteiger partial charge is 0.459 e. The van der Waals surface area contributed by atoms with Crippen LogP contribution in [0, 0.1) is 5.92 Å². The summed E-state index contributed by atoms with van der Waals surface area (Å²) in [6, 6.07) is -0.0901. The normalized spacial score (nSPS) is 37.3. The molecule has 8 nitrogen and oxygen atoms in total. The smallest absolute Gasteiger partial charge is 0.303 e. The number of hydrogen-bond acceptors (Lipinski definition) is 7. The maximum absolute atomic E-state index is 12.3. The molecule has 0 aromatic carbocycles. The highest BCUT2D eigenvalue weighted by molar-refractivity contribution is 5.87. The minimum absolute atomic E-state index is 0.0506. The topological polar surface area (TPSA) is 107 Å². The van der Waals surface area contributed by atoms with E-state index >= 15 is 0 Å². The quantitative estimate of drug-likeness (QED) is 0.225. The molecule has 0 bridgehead atoms.